The first-order valence-electron chi connectivity index (χ1n) is 23.6. The van der Waals surface area contributed by atoms with E-state index in [2.05, 4.69) is 95.5 Å². The standard InChI is InChI=1S/C30H29N5O4.C12H15N.C6H5Br2N.C3H7BO2/c1-2-3-11-24-31-28(36)26(29-33-32-25(38-29)16-22-21-7-4-5-10-23(21)39-34-22)30(37)35(24)27-19(17-12-13-17)8-6-9-20(27)18-14-15-18;13-12-10(8-4-5-8)2-1-3-11(12)9-6-7-9;7-4-2-1-3-5(8)6(4)9;5-4(6)3-1-2-3/h4-10,17-18,36H,2-3,11-16H2,1H3;1-3,8-9H,4-7,13H2;1-3H,9H2;3,5-6H,1-2H2. The molecule has 13 nitrogen and oxygen atoms in total. The number of para-hydroxylation sites is 4. The van der Waals surface area contributed by atoms with Crippen molar-refractivity contribution in [1.82, 2.24) is 24.9 Å². The van der Waals surface area contributed by atoms with E-state index in [1.165, 1.54) is 47.9 Å². The van der Waals surface area contributed by atoms with Crippen molar-refractivity contribution in [3.63, 3.8) is 0 Å². The first-order valence-corrected chi connectivity index (χ1v) is 25.2. The molecule has 3 heterocycles. The highest BCUT2D eigenvalue weighted by atomic mass is 79.9. The van der Waals surface area contributed by atoms with Crippen LogP contribution in [0, 0.1) is 0 Å². The number of aromatic nitrogens is 5. The van der Waals surface area contributed by atoms with Crippen LogP contribution in [0.15, 0.2) is 102 Å². The van der Waals surface area contributed by atoms with Gasteiger partial charge in [0.1, 0.15) is 11.5 Å². The summed E-state index contributed by atoms with van der Waals surface area (Å²) in [5, 5.41) is 40.8. The number of anilines is 2. The number of fused-ring (bicyclic) bond motifs is 1. The van der Waals surface area contributed by atoms with E-state index in [0.29, 0.717) is 35.4 Å². The second kappa shape index (κ2) is 20.5. The summed E-state index contributed by atoms with van der Waals surface area (Å²) in [5.74, 6) is 3.06. The molecule has 5 fully saturated rings. The highest BCUT2D eigenvalue weighted by molar-refractivity contribution is 9.11. The molecule has 3 aromatic heterocycles. The fraction of sp³-hybridized carbons (Fsp3) is 0.392. The minimum atomic E-state index is -1.04. The number of hydrogen-bond acceptors (Lipinski definition) is 12. The molecule has 0 unspecified atom stereocenters. The Morgan fingerprint density at radius 1 is 0.731 bits per heavy atom. The van der Waals surface area contributed by atoms with Crippen LogP contribution < -0.4 is 17.0 Å². The predicted molar refractivity (Wildman–Crippen MR) is 268 cm³/mol. The van der Waals surface area contributed by atoms with Crippen LogP contribution in [0.25, 0.3) is 28.1 Å². The topological polar surface area (TPSA) is 213 Å². The van der Waals surface area contributed by atoms with Crippen molar-refractivity contribution in [3.8, 4) is 23.0 Å². The van der Waals surface area contributed by atoms with E-state index in [1.54, 1.807) is 4.57 Å². The van der Waals surface area contributed by atoms with Gasteiger partial charge in [-0.3, -0.25) is 9.36 Å². The van der Waals surface area contributed by atoms with Crippen molar-refractivity contribution in [2.75, 3.05) is 11.5 Å². The molecule has 4 aromatic carbocycles. The summed E-state index contributed by atoms with van der Waals surface area (Å²) in [6, 6.07) is 26.2. The minimum absolute atomic E-state index is 0.0551. The third-order valence-corrected chi connectivity index (χ3v) is 14.3. The van der Waals surface area contributed by atoms with Gasteiger partial charge >= 0.3 is 7.12 Å². The molecule has 5 aliphatic rings. The smallest absolute Gasteiger partial charge is 0.454 e. The lowest BCUT2D eigenvalue weighted by Crippen LogP contribution is -2.27. The van der Waals surface area contributed by atoms with Crippen molar-refractivity contribution < 1.29 is 24.1 Å². The van der Waals surface area contributed by atoms with E-state index in [4.69, 9.17) is 30.5 Å². The fourth-order valence-corrected chi connectivity index (χ4v) is 9.40. The summed E-state index contributed by atoms with van der Waals surface area (Å²) >= 11 is 6.58. The molecule has 67 heavy (non-hydrogen) atoms. The van der Waals surface area contributed by atoms with Crippen LogP contribution in [-0.4, -0.2) is 47.2 Å². The summed E-state index contributed by atoms with van der Waals surface area (Å²) < 4.78 is 14.9. The molecule has 5 saturated carbocycles. The normalized spacial score (nSPS) is 16.3. The maximum atomic E-state index is 14.3. The van der Waals surface area contributed by atoms with E-state index < -0.39 is 7.12 Å². The Morgan fingerprint density at radius 3 is 1.81 bits per heavy atom. The lowest BCUT2D eigenvalue weighted by Gasteiger charge is -2.20. The first-order chi connectivity index (χ1) is 32.5. The molecule has 7 N–H and O–H groups in total. The van der Waals surface area contributed by atoms with Crippen molar-refractivity contribution in [2.24, 2.45) is 0 Å². The van der Waals surface area contributed by atoms with Crippen molar-refractivity contribution in [3.05, 3.63) is 138 Å². The molecule has 16 heteroatoms. The molecule has 0 aliphatic heterocycles. The second-order valence-corrected chi connectivity index (χ2v) is 20.1. The maximum Gasteiger partial charge on any atom is 0.454 e. The SMILES string of the molecule is CCCCc1nc(O)c(-c2nnc(Cc3noc4ccccc34)o2)c(=O)n1-c1c(C2CC2)cccc1C1CC1.Nc1c(Br)cccc1Br.Nc1c(C2CC2)cccc1C1CC1.OB(O)C1CC1. The molecular formula is C51H56BBr2N7O6. The molecule has 0 bridgehead atoms. The van der Waals surface area contributed by atoms with Gasteiger partial charge in [-0.05, 0) is 166 Å². The van der Waals surface area contributed by atoms with Crippen LogP contribution in [0.5, 0.6) is 5.88 Å². The quantitative estimate of drug-likeness (QED) is 0.0571. The van der Waals surface area contributed by atoms with Gasteiger partial charge in [0.05, 0.1) is 17.8 Å². The molecule has 0 atom stereocenters. The number of benzene rings is 4. The number of aromatic hydroxyl groups is 1. The molecule has 0 amide bonds. The van der Waals surface area contributed by atoms with E-state index >= 15 is 0 Å². The minimum Gasteiger partial charge on any atom is -0.493 e. The largest absolute Gasteiger partial charge is 0.493 e. The van der Waals surface area contributed by atoms with Gasteiger partial charge in [0.2, 0.25) is 11.8 Å². The van der Waals surface area contributed by atoms with Gasteiger partial charge in [0.25, 0.3) is 11.4 Å². The number of nitrogens with zero attached hydrogens (tertiary/aromatic N) is 5. The monoisotopic (exact) mass is 1030 g/mol. The Bertz CT molecular complexity index is 2840. The zero-order chi connectivity index (χ0) is 46.8. The molecule has 348 valence electrons. The van der Waals surface area contributed by atoms with Crippen LogP contribution in [-0.2, 0) is 12.8 Å². The average Bonchev–Trinajstić information content (AvgIpc) is 4.10. The first kappa shape index (κ1) is 46.8. The molecule has 0 spiro atoms. The Balaban J connectivity index is 0.000000160. The van der Waals surface area contributed by atoms with E-state index in [0.717, 1.165) is 94.6 Å². The van der Waals surface area contributed by atoms with E-state index in [-0.39, 0.29) is 41.0 Å². The predicted octanol–water partition coefficient (Wildman–Crippen LogP) is 11.3. The highest BCUT2D eigenvalue weighted by Crippen LogP contribution is 2.50. The van der Waals surface area contributed by atoms with Gasteiger partial charge in [0.15, 0.2) is 11.1 Å². The number of hydrogen-bond donors (Lipinski definition) is 5. The Morgan fingerprint density at radius 2 is 1.28 bits per heavy atom. The van der Waals surface area contributed by atoms with Gasteiger partial charge < -0.3 is 35.6 Å². The van der Waals surface area contributed by atoms with Crippen LogP contribution in [0.3, 0.4) is 0 Å². The van der Waals surface area contributed by atoms with Crippen molar-refractivity contribution in [2.45, 2.75) is 126 Å². The molecule has 12 rings (SSSR count). The van der Waals surface area contributed by atoms with Gasteiger partial charge in [-0.2, -0.15) is 4.98 Å². The summed E-state index contributed by atoms with van der Waals surface area (Å²) in [7, 11) is -1.04. The lowest BCUT2D eigenvalue weighted by molar-refractivity contribution is 0.403. The van der Waals surface area contributed by atoms with Gasteiger partial charge in [-0.25, -0.2) is 0 Å². The number of rotatable bonds is 12. The van der Waals surface area contributed by atoms with E-state index in [9.17, 15) is 9.90 Å². The second-order valence-electron chi connectivity index (χ2n) is 18.4. The molecular weight excluding hydrogens is 977 g/mol. The Hall–Kier alpha value is -5.29. The van der Waals surface area contributed by atoms with Crippen molar-refractivity contribution >= 4 is 61.3 Å². The molecule has 0 radical (unpaired) electrons. The van der Waals surface area contributed by atoms with Crippen LogP contribution in [0.4, 0.5) is 11.4 Å². The number of nitrogen functional groups attached to an aromatic ring is 2. The van der Waals surface area contributed by atoms with Gasteiger partial charge in [-0.15, -0.1) is 10.2 Å². The zero-order valence-corrected chi connectivity index (χ0v) is 40.8. The molecule has 7 aromatic rings. The van der Waals surface area contributed by atoms with Crippen LogP contribution in [0.2, 0.25) is 5.82 Å². The van der Waals surface area contributed by atoms with Crippen molar-refractivity contribution in [1.29, 1.82) is 0 Å². The highest BCUT2D eigenvalue weighted by Gasteiger charge is 2.36. The number of halogens is 2. The van der Waals surface area contributed by atoms with Crippen LogP contribution >= 0.6 is 31.9 Å². The average molecular weight is 1030 g/mol. The summed E-state index contributed by atoms with van der Waals surface area (Å²) in [5.41, 5.74) is 20.6. The third-order valence-electron chi connectivity index (χ3n) is 12.9. The fourth-order valence-electron chi connectivity index (χ4n) is 8.40. The lowest BCUT2D eigenvalue weighted by atomic mass is 9.84. The maximum absolute atomic E-state index is 14.3. The number of aryl methyl sites for hydroxylation is 1. The molecule has 5 aliphatic carbocycles. The van der Waals surface area contributed by atoms with Crippen LogP contribution in [0.1, 0.15) is 147 Å². The van der Waals surface area contributed by atoms with Gasteiger partial charge in [-0.1, -0.05) is 85.9 Å². The summed E-state index contributed by atoms with van der Waals surface area (Å²) in [6.07, 6.45) is 14.4. The number of nitrogens with two attached hydrogens (primary N) is 2. The number of unbranched alkanes of at least 4 members (excludes halogenated alkanes) is 1. The Kier molecular flexibility index (Phi) is 14.3. The van der Waals surface area contributed by atoms with Gasteiger partial charge in [0, 0.05) is 26.4 Å². The third kappa shape index (κ3) is 11.2. The zero-order valence-electron chi connectivity index (χ0n) is 37.6. The summed E-state index contributed by atoms with van der Waals surface area (Å²) in [4.78, 5) is 18.8. The molecule has 0 saturated heterocycles. The summed E-state index contributed by atoms with van der Waals surface area (Å²) in [6.45, 7) is 2.10. The van der Waals surface area contributed by atoms with E-state index in [1.807, 2.05) is 42.5 Å². The Labute approximate surface area is 406 Å².